The molecule has 0 saturated heterocycles. The van der Waals surface area contributed by atoms with E-state index in [0.717, 1.165) is 16.9 Å². The van der Waals surface area contributed by atoms with Crippen LogP contribution in [0.2, 0.25) is 5.02 Å². The highest BCUT2D eigenvalue weighted by molar-refractivity contribution is 6.30. The summed E-state index contributed by atoms with van der Waals surface area (Å²) in [6.45, 7) is 2.48. The number of hydrogen-bond donors (Lipinski definition) is 0. The van der Waals surface area contributed by atoms with Gasteiger partial charge < -0.3 is 9.47 Å². The molecule has 0 unspecified atom stereocenters. The van der Waals surface area contributed by atoms with Crippen molar-refractivity contribution in [2.75, 3.05) is 14.2 Å². The standard InChI is InChI=1S/C10H13ClO2/c1-7-4-9(11)5-8(6-12-2)10(7)13-3/h4-5H,6H2,1-3H3. The van der Waals surface area contributed by atoms with Crippen molar-refractivity contribution in [3.05, 3.63) is 28.3 Å². The van der Waals surface area contributed by atoms with Crippen molar-refractivity contribution in [3.63, 3.8) is 0 Å². The summed E-state index contributed by atoms with van der Waals surface area (Å²) in [6.07, 6.45) is 0. The van der Waals surface area contributed by atoms with Crippen LogP contribution in [0.5, 0.6) is 5.75 Å². The summed E-state index contributed by atoms with van der Waals surface area (Å²) in [4.78, 5) is 0. The molecule has 3 heteroatoms. The molecule has 0 atom stereocenters. The van der Waals surface area contributed by atoms with E-state index in [-0.39, 0.29) is 0 Å². The second-order valence-electron chi connectivity index (χ2n) is 2.85. The zero-order valence-corrected chi connectivity index (χ0v) is 8.81. The van der Waals surface area contributed by atoms with Crippen molar-refractivity contribution in [2.45, 2.75) is 13.5 Å². The summed E-state index contributed by atoms with van der Waals surface area (Å²) < 4.78 is 10.3. The van der Waals surface area contributed by atoms with Crippen molar-refractivity contribution >= 4 is 11.6 Å². The zero-order valence-electron chi connectivity index (χ0n) is 8.06. The van der Waals surface area contributed by atoms with Crippen LogP contribution < -0.4 is 4.74 Å². The van der Waals surface area contributed by atoms with Crippen LogP contribution in [0.1, 0.15) is 11.1 Å². The molecule has 1 aromatic rings. The van der Waals surface area contributed by atoms with Crippen LogP contribution in [0.25, 0.3) is 0 Å². The fourth-order valence-corrected chi connectivity index (χ4v) is 1.65. The molecule has 13 heavy (non-hydrogen) atoms. The van der Waals surface area contributed by atoms with Gasteiger partial charge in [0.25, 0.3) is 0 Å². The first kappa shape index (κ1) is 10.4. The van der Waals surface area contributed by atoms with Gasteiger partial charge in [0.1, 0.15) is 5.75 Å². The van der Waals surface area contributed by atoms with Crippen LogP contribution in [0, 0.1) is 6.92 Å². The Bertz CT molecular complexity index is 297. The minimum atomic E-state index is 0.518. The lowest BCUT2D eigenvalue weighted by Gasteiger charge is -2.11. The molecule has 0 saturated carbocycles. The predicted molar refractivity (Wildman–Crippen MR) is 53.5 cm³/mol. The lowest BCUT2D eigenvalue weighted by atomic mass is 10.1. The highest BCUT2D eigenvalue weighted by atomic mass is 35.5. The molecule has 0 radical (unpaired) electrons. The summed E-state index contributed by atoms with van der Waals surface area (Å²) in [5.41, 5.74) is 2.01. The summed E-state index contributed by atoms with van der Waals surface area (Å²) in [5, 5.41) is 0.713. The fraction of sp³-hybridized carbons (Fsp3) is 0.400. The van der Waals surface area contributed by atoms with Gasteiger partial charge in [-0.2, -0.15) is 0 Å². The third-order valence-electron chi connectivity index (χ3n) is 1.82. The molecule has 0 spiro atoms. The molecule has 0 aromatic heterocycles. The number of aryl methyl sites for hydroxylation is 1. The van der Waals surface area contributed by atoms with Gasteiger partial charge in [-0.05, 0) is 24.6 Å². The summed E-state index contributed by atoms with van der Waals surface area (Å²) in [7, 11) is 3.30. The number of ether oxygens (including phenoxy) is 2. The van der Waals surface area contributed by atoms with Gasteiger partial charge in [0.15, 0.2) is 0 Å². The molecule has 0 fully saturated rings. The minimum absolute atomic E-state index is 0.518. The van der Waals surface area contributed by atoms with E-state index in [9.17, 15) is 0 Å². The Kier molecular flexibility index (Phi) is 3.58. The average molecular weight is 201 g/mol. The van der Waals surface area contributed by atoms with Gasteiger partial charge in [-0.1, -0.05) is 11.6 Å². The molecule has 2 nitrogen and oxygen atoms in total. The zero-order chi connectivity index (χ0) is 9.84. The second kappa shape index (κ2) is 4.49. The van der Waals surface area contributed by atoms with Gasteiger partial charge in [0.05, 0.1) is 13.7 Å². The maximum absolute atomic E-state index is 5.90. The van der Waals surface area contributed by atoms with E-state index in [4.69, 9.17) is 21.1 Å². The molecule has 1 aromatic carbocycles. The Hall–Kier alpha value is -0.730. The minimum Gasteiger partial charge on any atom is -0.496 e. The Morgan fingerprint density at radius 1 is 1.31 bits per heavy atom. The van der Waals surface area contributed by atoms with E-state index in [1.165, 1.54) is 0 Å². The molecule has 0 heterocycles. The molecule has 0 aliphatic carbocycles. The van der Waals surface area contributed by atoms with Gasteiger partial charge in [-0.3, -0.25) is 0 Å². The Morgan fingerprint density at radius 2 is 2.00 bits per heavy atom. The quantitative estimate of drug-likeness (QED) is 0.747. The van der Waals surface area contributed by atoms with Crippen LogP contribution in [0.3, 0.4) is 0 Å². The topological polar surface area (TPSA) is 18.5 Å². The first-order valence-corrected chi connectivity index (χ1v) is 4.38. The first-order chi connectivity index (χ1) is 6.19. The SMILES string of the molecule is COCc1cc(Cl)cc(C)c1OC. The lowest BCUT2D eigenvalue weighted by Crippen LogP contribution is -1.96. The van der Waals surface area contributed by atoms with E-state index in [2.05, 4.69) is 0 Å². The monoisotopic (exact) mass is 200 g/mol. The van der Waals surface area contributed by atoms with Gasteiger partial charge in [0.2, 0.25) is 0 Å². The summed E-state index contributed by atoms with van der Waals surface area (Å²) >= 11 is 5.90. The molecule has 0 N–H and O–H groups in total. The number of rotatable bonds is 3. The average Bonchev–Trinajstić information content (AvgIpc) is 2.04. The van der Waals surface area contributed by atoms with Crippen molar-refractivity contribution in [3.8, 4) is 5.75 Å². The fourth-order valence-electron chi connectivity index (χ4n) is 1.35. The van der Waals surface area contributed by atoms with Gasteiger partial charge in [0, 0.05) is 17.7 Å². The Morgan fingerprint density at radius 3 is 2.54 bits per heavy atom. The molecule has 1 rings (SSSR count). The number of halogens is 1. The molecule has 0 bridgehead atoms. The highest BCUT2D eigenvalue weighted by Crippen LogP contribution is 2.27. The van der Waals surface area contributed by atoms with E-state index in [1.807, 2.05) is 19.1 Å². The summed E-state index contributed by atoms with van der Waals surface area (Å²) in [5.74, 6) is 0.853. The van der Waals surface area contributed by atoms with E-state index in [0.29, 0.717) is 11.6 Å². The Labute approximate surface area is 83.4 Å². The molecule has 0 aliphatic rings. The predicted octanol–water partition coefficient (Wildman–Crippen LogP) is 2.80. The van der Waals surface area contributed by atoms with Gasteiger partial charge in [-0.25, -0.2) is 0 Å². The maximum Gasteiger partial charge on any atom is 0.127 e. The molecular weight excluding hydrogens is 188 g/mol. The number of methoxy groups -OCH3 is 2. The van der Waals surface area contributed by atoms with Gasteiger partial charge >= 0.3 is 0 Å². The number of hydrogen-bond acceptors (Lipinski definition) is 2. The van der Waals surface area contributed by atoms with E-state index < -0.39 is 0 Å². The van der Waals surface area contributed by atoms with Crippen molar-refractivity contribution in [2.24, 2.45) is 0 Å². The second-order valence-corrected chi connectivity index (χ2v) is 3.28. The lowest BCUT2D eigenvalue weighted by molar-refractivity contribution is 0.181. The van der Waals surface area contributed by atoms with Crippen LogP contribution in [-0.2, 0) is 11.3 Å². The smallest absolute Gasteiger partial charge is 0.127 e. The third kappa shape index (κ3) is 2.36. The molecular formula is C10H13ClO2. The van der Waals surface area contributed by atoms with Gasteiger partial charge in [-0.15, -0.1) is 0 Å². The van der Waals surface area contributed by atoms with Crippen LogP contribution >= 0.6 is 11.6 Å². The van der Waals surface area contributed by atoms with E-state index in [1.54, 1.807) is 14.2 Å². The first-order valence-electron chi connectivity index (χ1n) is 4.01. The third-order valence-corrected chi connectivity index (χ3v) is 2.04. The Balaban J connectivity index is 3.13. The largest absolute Gasteiger partial charge is 0.496 e. The number of benzene rings is 1. The molecule has 0 amide bonds. The highest BCUT2D eigenvalue weighted by Gasteiger charge is 2.07. The van der Waals surface area contributed by atoms with Crippen LogP contribution in [0.15, 0.2) is 12.1 Å². The summed E-state index contributed by atoms with van der Waals surface area (Å²) in [6, 6.07) is 3.73. The van der Waals surface area contributed by atoms with E-state index >= 15 is 0 Å². The van der Waals surface area contributed by atoms with Crippen molar-refractivity contribution in [1.29, 1.82) is 0 Å². The molecule has 72 valence electrons. The molecule has 0 aliphatic heterocycles. The van der Waals surface area contributed by atoms with Crippen molar-refractivity contribution in [1.82, 2.24) is 0 Å². The normalized spacial score (nSPS) is 10.2. The van der Waals surface area contributed by atoms with Crippen LogP contribution in [0.4, 0.5) is 0 Å². The van der Waals surface area contributed by atoms with Crippen molar-refractivity contribution < 1.29 is 9.47 Å². The van der Waals surface area contributed by atoms with Crippen LogP contribution in [-0.4, -0.2) is 14.2 Å². The maximum atomic E-state index is 5.90.